The highest BCUT2D eigenvalue weighted by molar-refractivity contribution is 5.36. The molecule has 2 rings (SSSR count). The van der Waals surface area contributed by atoms with Crippen molar-refractivity contribution in [3.63, 3.8) is 0 Å². The van der Waals surface area contributed by atoms with Crippen LogP contribution < -0.4 is 10.1 Å². The topological polar surface area (TPSA) is 24.5 Å². The molecule has 0 amide bonds. The van der Waals surface area contributed by atoms with Crippen molar-refractivity contribution < 1.29 is 4.74 Å². The Kier molecular flexibility index (Phi) is 4.02. The fourth-order valence-electron chi connectivity index (χ4n) is 2.51. The first-order valence-corrected chi connectivity index (χ1v) is 6.31. The average molecular weight is 234 g/mol. The quantitative estimate of drug-likeness (QED) is 0.865. The smallest absolute Gasteiger partial charge is 0.119 e. The molecule has 94 valence electrons. The largest absolute Gasteiger partial charge is 0.497 e. The maximum Gasteiger partial charge on any atom is 0.119 e. The SMILES string of the molecule is COc1ccc([C@@H](C)N2CCNCC2)c(C)c1. The lowest BCUT2D eigenvalue weighted by molar-refractivity contribution is 0.185. The molecule has 1 N–H and O–H groups in total. The highest BCUT2D eigenvalue weighted by Crippen LogP contribution is 2.26. The maximum absolute atomic E-state index is 5.25. The summed E-state index contributed by atoms with van der Waals surface area (Å²) < 4.78 is 5.25. The molecule has 1 atom stereocenters. The van der Waals surface area contributed by atoms with Gasteiger partial charge in [-0.3, -0.25) is 4.90 Å². The minimum atomic E-state index is 0.489. The Morgan fingerprint density at radius 1 is 1.29 bits per heavy atom. The predicted octanol–water partition coefficient (Wildman–Crippen LogP) is 1.97. The van der Waals surface area contributed by atoms with Gasteiger partial charge in [-0.1, -0.05) is 6.07 Å². The first-order chi connectivity index (χ1) is 8.22. The van der Waals surface area contributed by atoms with E-state index in [1.165, 1.54) is 11.1 Å². The molecular weight excluding hydrogens is 212 g/mol. The molecule has 0 saturated carbocycles. The van der Waals surface area contributed by atoms with Gasteiger partial charge in [-0.05, 0) is 37.1 Å². The normalized spacial score (nSPS) is 19.0. The van der Waals surface area contributed by atoms with E-state index in [0.717, 1.165) is 31.9 Å². The molecule has 0 bridgehead atoms. The summed E-state index contributed by atoms with van der Waals surface area (Å²) >= 11 is 0. The Morgan fingerprint density at radius 3 is 2.59 bits per heavy atom. The zero-order valence-corrected chi connectivity index (χ0v) is 11.0. The number of benzene rings is 1. The van der Waals surface area contributed by atoms with E-state index < -0.39 is 0 Å². The Labute approximate surface area is 104 Å². The monoisotopic (exact) mass is 234 g/mol. The summed E-state index contributed by atoms with van der Waals surface area (Å²) in [7, 11) is 1.72. The van der Waals surface area contributed by atoms with E-state index in [1.807, 2.05) is 0 Å². The van der Waals surface area contributed by atoms with Crippen molar-refractivity contribution in [3.05, 3.63) is 29.3 Å². The predicted molar refractivity (Wildman–Crippen MR) is 70.6 cm³/mol. The van der Waals surface area contributed by atoms with Crippen LogP contribution in [0.3, 0.4) is 0 Å². The number of aryl methyl sites for hydroxylation is 1. The van der Waals surface area contributed by atoms with Crippen LogP contribution in [-0.2, 0) is 0 Å². The van der Waals surface area contributed by atoms with Crippen molar-refractivity contribution in [2.75, 3.05) is 33.3 Å². The third-order valence-electron chi connectivity index (χ3n) is 3.63. The van der Waals surface area contributed by atoms with Crippen molar-refractivity contribution in [1.82, 2.24) is 10.2 Å². The Hall–Kier alpha value is -1.06. The second-order valence-electron chi connectivity index (χ2n) is 4.68. The molecule has 1 aromatic rings. The zero-order valence-electron chi connectivity index (χ0n) is 11.0. The van der Waals surface area contributed by atoms with Crippen LogP contribution in [0.5, 0.6) is 5.75 Å². The van der Waals surface area contributed by atoms with Crippen LogP contribution in [-0.4, -0.2) is 38.2 Å². The third-order valence-corrected chi connectivity index (χ3v) is 3.63. The van der Waals surface area contributed by atoms with Crippen molar-refractivity contribution in [2.24, 2.45) is 0 Å². The van der Waals surface area contributed by atoms with Crippen molar-refractivity contribution >= 4 is 0 Å². The van der Waals surface area contributed by atoms with Crippen LogP contribution in [0.1, 0.15) is 24.1 Å². The first kappa shape index (κ1) is 12.4. The molecular formula is C14H22N2O. The Balaban J connectivity index is 2.15. The van der Waals surface area contributed by atoms with Crippen LogP contribution in [0.25, 0.3) is 0 Å². The molecule has 0 radical (unpaired) electrons. The summed E-state index contributed by atoms with van der Waals surface area (Å²) in [6.07, 6.45) is 0. The van der Waals surface area contributed by atoms with E-state index in [-0.39, 0.29) is 0 Å². The molecule has 1 saturated heterocycles. The van der Waals surface area contributed by atoms with E-state index in [2.05, 4.69) is 42.3 Å². The van der Waals surface area contributed by atoms with Gasteiger partial charge in [0.25, 0.3) is 0 Å². The van der Waals surface area contributed by atoms with Crippen molar-refractivity contribution in [1.29, 1.82) is 0 Å². The van der Waals surface area contributed by atoms with Crippen LogP contribution in [0.15, 0.2) is 18.2 Å². The molecule has 1 aliphatic heterocycles. The molecule has 1 aromatic carbocycles. The summed E-state index contributed by atoms with van der Waals surface area (Å²) in [5.74, 6) is 0.943. The van der Waals surface area contributed by atoms with Crippen LogP contribution in [0, 0.1) is 6.92 Å². The molecule has 0 aliphatic carbocycles. The third kappa shape index (κ3) is 2.79. The lowest BCUT2D eigenvalue weighted by atomic mass is 10.0. The molecule has 0 spiro atoms. The second-order valence-corrected chi connectivity index (χ2v) is 4.68. The fraction of sp³-hybridized carbons (Fsp3) is 0.571. The first-order valence-electron chi connectivity index (χ1n) is 6.31. The van der Waals surface area contributed by atoms with E-state index >= 15 is 0 Å². The molecule has 3 heteroatoms. The van der Waals surface area contributed by atoms with Crippen LogP contribution in [0.4, 0.5) is 0 Å². The van der Waals surface area contributed by atoms with Gasteiger partial charge in [-0.25, -0.2) is 0 Å². The summed E-state index contributed by atoms with van der Waals surface area (Å²) in [6.45, 7) is 8.91. The van der Waals surface area contributed by atoms with Gasteiger partial charge in [-0.2, -0.15) is 0 Å². The van der Waals surface area contributed by atoms with Gasteiger partial charge in [0.1, 0.15) is 5.75 Å². The lowest BCUT2D eigenvalue weighted by Crippen LogP contribution is -2.44. The van der Waals surface area contributed by atoms with Gasteiger partial charge in [-0.15, -0.1) is 0 Å². The molecule has 17 heavy (non-hydrogen) atoms. The summed E-state index contributed by atoms with van der Waals surface area (Å²) in [6, 6.07) is 6.86. The molecule has 0 aromatic heterocycles. The number of rotatable bonds is 3. The van der Waals surface area contributed by atoms with Gasteiger partial charge >= 0.3 is 0 Å². The van der Waals surface area contributed by atoms with Gasteiger partial charge in [0.15, 0.2) is 0 Å². The number of nitrogens with zero attached hydrogens (tertiary/aromatic N) is 1. The van der Waals surface area contributed by atoms with Crippen LogP contribution in [0.2, 0.25) is 0 Å². The van der Waals surface area contributed by atoms with Gasteiger partial charge in [0.05, 0.1) is 7.11 Å². The lowest BCUT2D eigenvalue weighted by Gasteiger charge is -2.33. The zero-order chi connectivity index (χ0) is 12.3. The molecule has 0 unspecified atom stereocenters. The standard InChI is InChI=1S/C14H22N2O/c1-11-10-13(17-3)4-5-14(11)12(2)16-8-6-15-7-9-16/h4-5,10,12,15H,6-9H2,1-3H3/t12-/m1/s1. The molecule has 1 heterocycles. The molecule has 3 nitrogen and oxygen atoms in total. The number of hydrogen-bond donors (Lipinski definition) is 1. The summed E-state index contributed by atoms with van der Waals surface area (Å²) in [5.41, 5.74) is 2.73. The van der Waals surface area contributed by atoms with Gasteiger partial charge < -0.3 is 10.1 Å². The highest BCUT2D eigenvalue weighted by Gasteiger charge is 2.19. The number of nitrogens with one attached hydrogen (secondary N) is 1. The van der Waals surface area contributed by atoms with Gasteiger partial charge in [0, 0.05) is 32.2 Å². The van der Waals surface area contributed by atoms with E-state index in [4.69, 9.17) is 4.74 Å². The van der Waals surface area contributed by atoms with Crippen LogP contribution >= 0.6 is 0 Å². The van der Waals surface area contributed by atoms with Crippen molar-refractivity contribution in [2.45, 2.75) is 19.9 Å². The van der Waals surface area contributed by atoms with Crippen molar-refractivity contribution in [3.8, 4) is 5.75 Å². The highest BCUT2D eigenvalue weighted by atomic mass is 16.5. The maximum atomic E-state index is 5.25. The van der Waals surface area contributed by atoms with Gasteiger partial charge in [0.2, 0.25) is 0 Å². The number of methoxy groups -OCH3 is 1. The Morgan fingerprint density at radius 2 is 2.00 bits per heavy atom. The van der Waals surface area contributed by atoms with E-state index in [9.17, 15) is 0 Å². The minimum Gasteiger partial charge on any atom is -0.497 e. The number of piperazine rings is 1. The fourth-order valence-corrected chi connectivity index (χ4v) is 2.51. The molecule has 1 fully saturated rings. The Bertz CT molecular complexity index is 372. The van der Waals surface area contributed by atoms with E-state index in [1.54, 1.807) is 7.11 Å². The number of hydrogen-bond acceptors (Lipinski definition) is 3. The summed E-state index contributed by atoms with van der Waals surface area (Å²) in [4.78, 5) is 2.53. The minimum absolute atomic E-state index is 0.489. The summed E-state index contributed by atoms with van der Waals surface area (Å²) in [5, 5.41) is 3.39. The number of ether oxygens (including phenoxy) is 1. The average Bonchev–Trinajstić information content (AvgIpc) is 2.39. The molecule has 1 aliphatic rings. The second kappa shape index (κ2) is 5.52. The van der Waals surface area contributed by atoms with E-state index in [0.29, 0.717) is 6.04 Å².